The number of hydrogen-bond donors (Lipinski definition) is 1. The molecule has 1 saturated heterocycles. The van der Waals surface area contributed by atoms with Crippen LogP contribution in [0.5, 0.6) is 11.5 Å². The highest BCUT2D eigenvalue weighted by molar-refractivity contribution is 6.05. The van der Waals surface area contributed by atoms with Gasteiger partial charge in [-0.25, -0.2) is 0 Å². The second-order valence-corrected chi connectivity index (χ2v) is 5.69. The van der Waals surface area contributed by atoms with Crippen molar-refractivity contribution < 1.29 is 28.3 Å². The number of likely N-dealkylation sites (tertiary alicyclic amines) is 1. The molecule has 1 aromatic heterocycles. The van der Waals surface area contributed by atoms with Gasteiger partial charge in [-0.3, -0.25) is 24.6 Å². The number of aromatic nitrogens is 2. The highest BCUT2D eigenvalue weighted by atomic mass is 16.6. The van der Waals surface area contributed by atoms with E-state index in [4.69, 9.17) is 13.9 Å². The third-order valence-electron chi connectivity index (χ3n) is 3.92. The van der Waals surface area contributed by atoms with Crippen molar-refractivity contribution in [3.05, 3.63) is 18.2 Å². The van der Waals surface area contributed by atoms with Gasteiger partial charge in [0, 0.05) is 18.4 Å². The zero-order chi connectivity index (χ0) is 18.1. The minimum atomic E-state index is -0.592. The Balaban J connectivity index is 1.44. The SMILES string of the molecule is O=C(CN1C(=O)CCC1=O)Nc1nnc(-c2ccc3c(c2)OCCO3)o1. The number of rotatable bonds is 4. The summed E-state index contributed by atoms with van der Waals surface area (Å²) in [5, 5.41) is 10.0. The first-order valence-electron chi connectivity index (χ1n) is 7.97. The molecule has 0 spiro atoms. The fourth-order valence-corrected chi connectivity index (χ4v) is 2.67. The molecule has 10 heteroatoms. The molecular weight excluding hydrogens is 344 g/mol. The van der Waals surface area contributed by atoms with E-state index in [1.807, 2.05) is 0 Å². The molecule has 2 aromatic rings. The lowest BCUT2D eigenvalue weighted by Crippen LogP contribution is -2.36. The average molecular weight is 358 g/mol. The first kappa shape index (κ1) is 16.1. The van der Waals surface area contributed by atoms with E-state index in [2.05, 4.69) is 15.5 Å². The lowest BCUT2D eigenvalue weighted by atomic mass is 10.2. The van der Waals surface area contributed by atoms with Crippen LogP contribution >= 0.6 is 0 Å². The summed E-state index contributed by atoms with van der Waals surface area (Å²) in [7, 11) is 0. The Hall–Kier alpha value is -3.43. The fraction of sp³-hybridized carbons (Fsp3) is 0.312. The van der Waals surface area contributed by atoms with Crippen LogP contribution in [0.15, 0.2) is 22.6 Å². The van der Waals surface area contributed by atoms with Gasteiger partial charge in [0.15, 0.2) is 11.5 Å². The van der Waals surface area contributed by atoms with E-state index in [-0.39, 0.29) is 43.1 Å². The molecule has 134 valence electrons. The van der Waals surface area contributed by atoms with E-state index in [9.17, 15) is 14.4 Å². The minimum absolute atomic E-state index is 0.126. The molecule has 0 atom stereocenters. The van der Waals surface area contributed by atoms with Gasteiger partial charge in [-0.1, -0.05) is 5.10 Å². The first-order chi connectivity index (χ1) is 12.6. The molecule has 4 rings (SSSR count). The number of carbonyl (C=O) groups excluding carboxylic acids is 3. The van der Waals surface area contributed by atoms with Gasteiger partial charge >= 0.3 is 6.01 Å². The van der Waals surface area contributed by atoms with Crippen LogP contribution in [0.4, 0.5) is 6.01 Å². The van der Waals surface area contributed by atoms with Crippen LogP contribution in [0.1, 0.15) is 12.8 Å². The number of fused-ring (bicyclic) bond motifs is 1. The topological polar surface area (TPSA) is 124 Å². The number of hydrogen-bond acceptors (Lipinski definition) is 8. The van der Waals surface area contributed by atoms with Crippen LogP contribution in [0.3, 0.4) is 0 Å². The number of nitrogens with zero attached hydrogens (tertiary/aromatic N) is 3. The third-order valence-corrected chi connectivity index (χ3v) is 3.92. The summed E-state index contributed by atoms with van der Waals surface area (Å²) < 4.78 is 16.4. The average Bonchev–Trinajstić information content (AvgIpc) is 3.23. The van der Waals surface area contributed by atoms with Crippen molar-refractivity contribution >= 4 is 23.7 Å². The van der Waals surface area contributed by atoms with E-state index >= 15 is 0 Å². The van der Waals surface area contributed by atoms with E-state index in [0.29, 0.717) is 30.3 Å². The second-order valence-electron chi connectivity index (χ2n) is 5.69. The van der Waals surface area contributed by atoms with Crippen LogP contribution in [-0.4, -0.2) is 52.6 Å². The molecule has 10 nitrogen and oxygen atoms in total. The zero-order valence-corrected chi connectivity index (χ0v) is 13.6. The summed E-state index contributed by atoms with van der Waals surface area (Å²) in [6, 6.07) is 5.04. The van der Waals surface area contributed by atoms with Crippen LogP contribution in [0, 0.1) is 0 Å². The maximum atomic E-state index is 12.0. The van der Waals surface area contributed by atoms with Gasteiger partial charge in [-0.2, -0.15) is 0 Å². The van der Waals surface area contributed by atoms with E-state index in [1.165, 1.54) is 0 Å². The monoisotopic (exact) mass is 358 g/mol. The number of anilines is 1. The molecule has 26 heavy (non-hydrogen) atoms. The van der Waals surface area contributed by atoms with Gasteiger partial charge in [-0.15, -0.1) is 5.10 Å². The molecule has 3 amide bonds. The van der Waals surface area contributed by atoms with Gasteiger partial charge in [0.05, 0.1) is 0 Å². The molecule has 0 aliphatic carbocycles. The standard InChI is InChI=1S/C16H14N4O6/c21-12(8-20-13(22)3-4-14(20)23)17-16-19-18-15(26-16)9-1-2-10-11(7-9)25-6-5-24-10/h1-2,7H,3-6,8H2,(H,17,19,21). The van der Waals surface area contributed by atoms with Crippen LogP contribution in [0.2, 0.25) is 0 Å². The van der Waals surface area contributed by atoms with Gasteiger partial charge < -0.3 is 13.9 Å². The quantitative estimate of drug-likeness (QED) is 0.788. The summed E-state index contributed by atoms with van der Waals surface area (Å²) in [6.07, 6.45) is 0.252. The predicted octanol–water partition coefficient (Wildman–Crippen LogP) is 0.595. The Morgan fingerprint density at radius 1 is 1.08 bits per heavy atom. The summed E-state index contributed by atoms with van der Waals surface area (Å²) in [5.74, 6) is 0.0634. The molecule has 1 fully saturated rings. The highest BCUT2D eigenvalue weighted by Gasteiger charge is 2.30. The molecule has 1 aromatic carbocycles. The normalized spacial score (nSPS) is 16.1. The summed E-state index contributed by atoms with van der Waals surface area (Å²) in [4.78, 5) is 35.9. The van der Waals surface area contributed by atoms with Crippen LogP contribution < -0.4 is 14.8 Å². The Bertz CT molecular complexity index is 877. The smallest absolute Gasteiger partial charge is 0.322 e. The Labute approximate surface area is 147 Å². The Morgan fingerprint density at radius 2 is 1.81 bits per heavy atom. The first-order valence-corrected chi connectivity index (χ1v) is 7.97. The molecule has 0 unspecified atom stereocenters. The van der Waals surface area contributed by atoms with E-state index in [0.717, 1.165) is 4.90 Å². The van der Waals surface area contributed by atoms with Crippen LogP contribution in [0.25, 0.3) is 11.5 Å². The minimum Gasteiger partial charge on any atom is -0.486 e. The molecule has 2 aliphatic heterocycles. The van der Waals surface area contributed by atoms with Gasteiger partial charge in [-0.05, 0) is 18.2 Å². The molecule has 2 aliphatic rings. The lowest BCUT2D eigenvalue weighted by Gasteiger charge is -2.18. The van der Waals surface area contributed by atoms with Gasteiger partial charge in [0.2, 0.25) is 23.6 Å². The molecule has 1 N–H and O–H groups in total. The maximum Gasteiger partial charge on any atom is 0.322 e. The highest BCUT2D eigenvalue weighted by Crippen LogP contribution is 2.34. The maximum absolute atomic E-state index is 12.0. The molecule has 0 saturated carbocycles. The second kappa shape index (κ2) is 6.47. The largest absolute Gasteiger partial charge is 0.486 e. The Morgan fingerprint density at radius 3 is 2.58 bits per heavy atom. The number of benzene rings is 1. The van der Waals surface area contributed by atoms with E-state index in [1.54, 1.807) is 18.2 Å². The molecule has 3 heterocycles. The number of amides is 3. The number of ether oxygens (including phenoxy) is 2. The predicted molar refractivity (Wildman–Crippen MR) is 85.3 cm³/mol. The summed E-state index contributed by atoms with van der Waals surface area (Å²) >= 11 is 0. The van der Waals surface area contributed by atoms with Gasteiger partial charge in [0.25, 0.3) is 0 Å². The molecule has 0 radical (unpaired) electrons. The summed E-state index contributed by atoms with van der Waals surface area (Å²) in [5.41, 5.74) is 0.604. The van der Waals surface area contributed by atoms with Crippen LogP contribution in [-0.2, 0) is 14.4 Å². The zero-order valence-electron chi connectivity index (χ0n) is 13.6. The van der Waals surface area contributed by atoms with Crippen molar-refractivity contribution in [2.45, 2.75) is 12.8 Å². The fourth-order valence-electron chi connectivity index (χ4n) is 2.67. The van der Waals surface area contributed by atoms with Crippen molar-refractivity contribution in [2.24, 2.45) is 0 Å². The summed E-state index contributed by atoms with van der Waals surface area (Å²) in [6.45, 7) is 0.569. The lowest BCUT2D eigenvalue weighted by molar-refractivity contribution is -0.141. The van der Waals surface area contributed by atoms with Crippen molar-refractivity contribution in [3.63, 3.8) is 0 Å². The third kappa shape index (κ3) is 3.08. The van der Waals surface area contributed by atoms with E-state index < -0.39 is 5.91 Å². The van der Waals surface area contributed by atoms with Gasteiger partial charge in [0.1, 0.15) is 19.8 Å². The number of carbonyl (C=O) groups is 3. The molecular formula is C16H14N4O6. The van der Waals surface area contributed by atoms with Crippen molar-refractivity contribution in [3.8, 4) is 23.0 Å². The van der Waals surface area contributed by atoms with Crippen molar-refractivity contribution in [1.29, 1.82) is 0 Å². The Kier molecular flexibility index (Phi) is 3.99. The number of imide groups is 1. The molecule has 0 bridgehead atoms. The number of nitrogens with one attached hydrogen (secondary N) is 1. The van der Waals surface area contributed by atoms with Crippen molar-refractivity contribution in [2.75, 3.05) is 25.1 Å². The van der Waals surface area contributed by atoms with Crippen molar-refractivity contribution in [1.82, 2.24) is 15.1 Å².